The standard InChI is InChI=1S/C16H19NO2/c1-10-4-5-14(12(3)11(10)2)15(8-16(18)19)13-6-7-17-9-13/h4-7,9,15,17H,8H2,1-3H3,(H,18,19). The molecule has 2 aromatic rings. The number of rotatable bonds is 4. The molecule has 0 aliphatic carbocycles. The molecule has 1 unspecified atom stereocenters. The van der Waals surface area contributed by atoms with Gasteiger partial charge in [0.2, 0.25) is 0 Å². The highest BCUT2D eigenvalue weighted by Gasteiger charge is 2.20. The summed E-state index contributed by atoms with van der Waals surface area (Å²) in [6.07, 6.45) is 3.82. The van der Waals surface area contributed by atoms with Gasteiger partial charge in [-0.25, -0.2) is 0 Å². The second-order valence-electron chi connectivity index (χ2n) is 5.02. The van der Waals surface area contributed by atoms with Gasteiger partial charge in [0.25, 0.3) is 0 Å². The maximum Gasteiger partial charge on any atom is 0.304 e. The van der Waals surface area contributed by atoms with Crippen molar-refractivity contribution in [3.8, 4) is 0 Å². The Labute approximate surface area is 113 Å². The van der Waals surface area contributed by atoms with E-state index >= 15 is 0 Å². The van der Waals surface area contributed by atoms with Crippen LogP contribution in [0.5, 0.6) is 0 Å². The summed E-state index contributed by atoms with van der Waals surface area (Å²) < 4.78 is 0. The largest absolute Gasteiger partial charge is 0.481 e. The van der Waals surface area contributed by atoms with E-state index in [0.717, 1.165) is 11.1 Å². The second-order valence-corrected chi connectivity index (χ2v) is 5.02. The van der Waals surface area contributed by atoms with E-state index in [0.29, 0.717) is 0 Å². The zero-order valence-corrected chi connectivity index (χ0v) is 11.5. The number of aliphatic carboxylic acids is 1. The number of carbonyl (C=O) groups is 1. The minimum absolute atomic E-state index is 0.0944. The minimum Gasteiger partial charge on any atom is -0.481 e. The fourth-order valence-corrected chi connectivity index (χ4v) is 2.49. The molecule has 1 heterocycles. The minimum atomic E-state index is -0.774. The Morgan fingerprint density at radius 3 is 2.53 bits per heavy atom. The molecule has 0 bridgehead atoms. The summed E-state index contributed by atoms with van der Waals surface area (Å²) in [5, 5.41) is 9.15. The number of aromatic amines is 1. The first kappa shape index (κ1) is 13.4. The molecule has 0 spiro atoms. The topological polar surface area (TPSA) is 53.1 Å². The summed E-state index contributed by atoms with van der Waals surface area (Å²) in [4.78, 5) is 14.1. The molecule has 0 saturated carbocycles. The number of hydrogen-bond acceptors (Lipinski definition) is 1. The first-order valence-corrected chi connectivity index (χ1v) is 6.42. The van der Waals surface area contributed by atoms with Crippen molar-refractivity contribution in [2.45, 2.75) is 33.1 Å². The predicted molar refractivity (Wildman–Crippen MR) is 75.5 cm³/mol. The highest BCUT2D eigenvalue weighted by molar-refractivity contribution is 5.69. The third-order valence-electron chi connectivity index (χ3n) is 3.88. The van der Waals surface area contributed by atoms with Crippen molar-refractivity contribution < 1.29 is 9.90 Å². The molecular weight excluding hydrogens is 238 g/mol. The van der Waals surface area contributed by atoms with Gasteiger partial charge in [0.05, 0.1) is 6.42 Å². The average Bonchev–Trinajstić information content (AvgIpc) is 2.87. The number of nitrogens with one attached hydrogen (secondary N) is 1. The molecule has 0 radical (unpaired) electrons. The zero-order valence-electron chi connectivity index (χ0n) is 11.5. The van der Waals surface area contributed by atoms with E-state index in [4.69, 9.17) is 5.11 Å². The Kier molecular flexibility index (Phi) is 3.74. The van der Waals surface area contributed by atoms with Crippen LogP contribution in [0.4, 0.5) is 0 Å². The molecule has 3 nitrogen and oxygen atoms in total. The average molecular weight is 257 g/mol. The van der Waals surface area contributed by atoms with Crippen LogP contribution in [-0.2, 0) is 4.79 Å². The normalized spacial score (nSPS) is 12.4. The molecular formula is C16H19NO2. The van der Waals surface area contributed by atoms with Crippen molar-refractivity contribution in [3.05, 3.63) is 58.4 Å². The van der Waals surface area contributed by atoms with E-state index in [1.807, 2.05) is 18.5 Å². The molecule has 3 heteroatoms. The van der Waals surface area contributed by atoms with Gasteiger partial charge < -0.3 is 10.1 Å². The molecule has 0 aliphatic heterocycles. The van der Waals surface area contributed by atoms with Crippen LogP contribution in [0, 0.1) is 20.8 Å². The monoisotopic (exact) mass is 257 g/mol. The fraction of sp³-hybridized carbons (Fsp3) is 0.312. The van der Waals surface area contributed by atoms with Crippen LogP contribution >= 0.6 is 0 Å². The molecule has 1 aromatic carbocycles. The Bertz CT molecular complexity index is 585. The van der Waals surface area contributed by atoms with E-state index in [1.54, 1.807) is 0 Å². The van der Waals surface area contributed by atoms with Gasteiger partial charge in [-0.1, -0.05) is 12.1 Å². The lowest BCUT2D eigenvalue weighted by Gasteiger charge is -2.19. The smallest absolute Gasteiger partial charge is 0.304 e. The van der Waals surface area contributed by atoms with Crippen molar-refractivity contribution in [2.24, 2.45) is 0 Å². The number of benzene rings is 1. The molecule has 1 aromatic heterocycles. The molecule has 0 fully saturated rings. The van der Waals surface area contributed by atoms with E-state index < -0.39 is 5.97 Å². The molecule has 1 atom stereocenters. The lowest BCUT2D eigenvalue weighted by Crippen LogP contribution is -2.09. The summed E-state index contributed by atoms with van der Waals surface area (Å²) in [6, 6.07) is 6.07. The Morgan fingerprint density at radius 1 is 1.21 bits per heavy atom. The number of hydrogen-bond donors (Lipinski definition) is 2. The van der Waals surface area contributed by atoms with Crippen molar-refractivity contribution in [1.82, 2.24) is 4.98 Å². The van der Waals surface area contributed by atoms with Gasteiger partial charge >= 0.3 is 5.97 Å². The molecule has 19 heavy (non-hydrogen) atoms. The van der Waals surface area contributed by atoms with Crippen LogP contribution in [0.15, 0.2) is 30.6 Å². The zero-order chi connectivity index (χ0) is 14.0. The first-order valence-electron chi connectivity index (χ1n) is 6.42. The summed E-state index contributed by atoms with van der Waals surface area (Å²) in [5.41, 5.74) is 5.79. The number of aryl methyl sites for hydroxylation is 1. The number of aromatic nitrogens is 1. The number of carboxylic acid groups (broad SMARTS) is 1. The van der Waals surface area contributed by atoms with Gasteiger partial charge in [0.1, 0.15) is 0 Å². The Hall–Kier alpha value is -2.03. The summed E-state index contributed by atoms with van der Waals surface area (Å²) in [5.74, 6) is -0.869. The van der Waals surface area contributed by atoms with Gasteiger partial charge in [-0.2, -0.15) is 0 Å². The van der Waals surface area contributed by atoms with Crippen molar-refractivity contribution in [2.75, 3.05) is 0 Å². The Morgan fingerprint density at radius 2 is 1.95 bits per heavy atom. The van der Waals surface area contributed by atoms with Crippen molar-refractivity contribution in [3.63, 3.8) is 0 Å². The van der Waals surface area contributed by atoms with Gasteiger partial charge in [-0.05, 0) is 54.7 Å². The van der Waals surface area contributed by atoms with E-state index in [2.05, 4.69) is 37.9 Å². The van der Waals surface area contributed by atoms with Crippen LogP contribution in [0.1, 0.15) is 40.2 Å². The highest BCUT2D eigenvalue weighted by atomic mass is 16.4. The van der Waals surface area contributed by atoms with Crippen LogP contribution in [0.25, 0.3) is 0 Å². The molecule has 0 aliphatic rings. The molecule has 2 N–H and O–H groups in total. The molecule has 0 saturated heterocycles. The molecule has 2 rings (SSSR count). The lowest BCUT2D eigenvalue weighted by atomic mass is 9.85. The third-order valence-corrected chi connectivity index (χ3v) is 3.88. The number of carboxylic acids is 1. The fourth-order valence-electron chi connectivity index (χ4n) is 2.49. The molecule has 100 valence electrons. The Balaban J connectivity index is 2.50. The summed E-state index contributed by atoms with van der Waals surface area (Å²) >= 11 is 0. The maximum absolute atomic E-state index is 11.1. The molecule has 0 amide bonds. The van der Waals surface area contributed by atoms with Crippen LogP contribution in [-0.4, -0.2) is 16.1 Å². The van der Waals surface area contributed by atoms with Crippen molar-refractivity contribution in [1.29, 1.82) is 0 Å². The quantitative estimate of drug-likeness (QED) is 0.880. The van der Waals surface area contributed by atoms with Gasteiger partial charge in [-0.15, -0.1) is 0 Å². The van der Waals surface area contributed by atoms with Crippen molar-refractivity contribution >= 4 is 5.97 Å². The first-order chi connectivity index (χ1) is 9.00. The second kappa shape index (κ2) is 5.31. The van der Waals surface area contributed by atoms with E-state index in [1.165, 1.54) is 16.7 Å². The lowest BCUT2D eigenvalue weighted by molar-refractivity contribution is -0.137. The predicted octanol–water partition coefficient (Wildman–Crippen LogP) is 3.55. The summed E-state index contributed by atoms with van der Waals surface area (Å²) in [7, 11) is 0. The van der Waals surface area contributed by atoms with Gasteiger partial charge in [0, 0.05) is 18.3 Å². The SMILES string of the molecule is Cc1ccc(C(CC(=O)O)c2cc[nH]c2)c(C)c1C. The van der Waals surface area contributed by atoms with Crippen LogP contribution in [0.2, 0.25) is 0 Å². The van der Waals surface area contributed by atoms with Crippen LogP contribution in [0.3, 0.4) is 0 Å². The number of H-pyrrole nitrogens is 1. The maximum atomic E-state index is 11.1. The van der Waals surface area contributed by atoms with Gasteiger partial charge in [-0.3, -0.25) is 4.79 Å². The van der Waals surface area contributed by atoms with Gasteiger partial charge in [0.15, 0.2) is 0 Å². The van der Waals surface area contributed by atoms with Crippen LogP contribution < -0.4 is 0 Å². The highest BCUT2D eigenvalue weighted by Crippen LogP contribution is 2.32. The third kappa shape index (κ3) is 2.70. The van der Waals surface area contributed by atoms with E-state index in [-0.39, 0.29) is 12.3 Å². The van der Waals surface area contributed by atoms with E-state index in [9.17, 15) is 4.79 Å². The summed E-state index contributed by atoms with van der Waals surface area (Å²) in [6.45, 7) is 6.23.